The smallest absolute Gasteiger partial charge is 0.256 e. The summed E-state index contributed by atoms with van der Waals surface area (Å²) in [6, 6.07) is 0. The molecule has 1 fully saturated rings. The van der Waals surface area contributed by atoms with Gasteiger partial charge in [-0.25, -0.2) is 9.97 Å². The van der Waals surface area contributed by atoms with Crippen LogP contribution < -0.4 is 5.32 Å². The zero-order chi connectivity index (χ0) is 13.1. The van der Waals surface area contributed by atoms with Gasteiger partial charge in [0.1, 0.15) is 5.82 Å². The highest BCUT2D eigenvalue weighted by molar-refractivity contribution is 5.94. The number of hydrogen-bond acceptors (Lipinski definition) is 4. The molecule has 18 heavy (non-hydrogen) atoms. The average Bonchev–Trinajstić information content (AvgIpc) is 2.38. The SMILES string of the molecule is Cc1nc(C2CCCNC2)ncc1C(=O)N(C)C. The van der Waals surface area contributed by atoms with Gasteiger partial charge in [-0.3, -0.25) is 4.79 Å². The van der Waals surface area contributed by atoms with E-state index < -0.39 is 0 Å². The molecule has 1 amide bonds. The molecule has 1 atom stereocenters. The summed E-state index contributed by atoms with van der Waals surface area (Å²) in [5.41, 5.74) is 1.36. The molecule has 1 aromatic rings. The number of nitrogens with one attached hydrogen (secondary N) is 1. The highest BCUT2D eigenvalue weighted by atomic mass is 16.2. The van der Waals surface area contributed by atoms with E-state index in [-0.39, 0.29) is 5.91 Å². The molecular formula is C13H20N4O. The van der Waals surface area contributed by atoms with Gasteiger partial charge in [0.15, 0.2) is 0 Å². The fourth-order valence-electron chi connectivity index (χ4n) is 2.20. The summed E-state index contributed by atoms with van der Waals surface area (Å²) in [6.07, 6.45) is 3.94. The summed E-state index contributed by atoms with van der Waals surface area (Å²) < 4.78 is 0. The summed E-state index contributed by atoms with van der Waals surface area (Å²) >= 11 is 0. The van der Waals surface area contributed by atoms with E-state index in [1.165, 1.54) is 0 Å². The third-order valence-corrected chi connectivity index (χ3v) is 3.30. The van der Waals surface area contributed by atoms with Crippen molar-refractivity contribution in [1.29, 1.82) is 0 Å². The van der Waals surface area contributed by atoms with E-state index in [0.717, 1.165) is 37.4 Å². The quantitative estimate of drug-likeness (QED) is 0.846. The molecule has 0 spiro atoms. The van der Waals surface area contributed by atoms with E-state index in [4.69, 9.17) is 0 Å². The van der Waals surface area contributed by atoms with Gasteiger partial charge in [0.25, 0.3) is 5.91 Å². The van der Waals surface area contributed by atoms with Crippen LogP contribution in [0.2, 0.25) is 0 Å². The summed E-state index contributed by atoms with van der Waals surface area (Å²) in [5.74, 6) is 1.19. The molecule has 1 N–H and O–H groups in total. The van der Waals surface area contributed by atoms with Crippen LogP contribution >= 0.6 is 0 Å². The summed E-state index contributed by atoms with van der Waals surface area (Å²) in [7, 11) is 3.47. The average molecular weight is 248 g/mol. The molecule has 1 saturated heterocycles. The van der Waals surface area contributed by atoms with Gasteiger partial charge in [-0.05, 0) is 26.3 Å². The first kappa shape index (κ1) is 13.0. The van der Waals surface area contributed by atoms with Gasteiger partial charge in [0.2, 0.25) is 0 Å². The van der Waals surface area contributed by atoms with Gasteiger partial charge in [-0.15, -0.1) is 0 Å². The van der Waals surface area contributed by atoms with Crippen molar-refractivity contribution in [2.24, 2.45) is 0 Å². The Kier molecular flexibility index (Phi) is 3.91. The molecule has 1 aliphatic rings. The van der Waals surface area contributed by atoms with Crippen LogP contribution in [0, 0.1) is 6.92 Å². The van der Waals surface area contributed by atoms with E-state index in [9.17, 15) is 4.79 Å². The van der Waals surface area contributed by atoms with Gasteiger partial charge in [0, 0.05) is 32.8 Å². The largest absolute Gasteiger partial charge is 0.345 e. The number of amides is 1. The van der Waals surface area contributed by atoms with Gasteiger partial charge in [0.05, 0.1) is 11.3 Å². The molecule has 0 bridgehead atoms. The van der Waals surface area contributed by atoms with Crippen LogP contribution in [0.1, 0.15) is 40.6 Å². The Hall–Kier alpha value is -1.49. The van der Waals surface area contributed by atoms with Gasteiger partial charge < -0.3 is 10.2 Å². The van der Waals surface area contributed by atoms with Crippen LogP contribution in [0.4, 0.5) is 0 Å². The van der Waals surface area contributed by atoms with Crippen molar-refractivity contribution in [3.63, 3.8) is 0 Å². The first-order valence-electron chi connectivity index (χ1n) is 6.35. The number of carbonyl (C=O) groups excluding carboxylic acids is 1. The molecule has 0 radical (unpaired) electrons. The zero-order valence-corrected chi connectivity index (χ0v) is 11.2. The molecule has 0 aromatic carbocycles. The standard InChI is InChI=1S/C13H20N4O/c1-9-11(13(18)17(2)3)8-15-12(16-9)10-5-4-6-14-7-10/h8,10,14H,4-7H2,1-3H3. The van der Waals surface area contributed by atoms with E-state index in [1.54, 1.807) is 25.2 Å². The molecule has 1 aliphatic heterocycles. The predicted molar refractivity (Wildman–Crippen MR) is 69.6 cm³/mol. The van der Waals surface area contributed by atoms with Crippen molar-refractivity contribution < 1.29 is 4.79 Å². The van der Waals surface area contributed by atoms with Gasteiger partial charge >= 0.3 is 0 Å². The van der Waals surface area contributed by atoms with Gasteiger partial charge in [-0.1, -0.05) is 0 Å². The molecule has 98 valence electrons. The summed E-state index contributed by atoms with van der Waals surface area (Å²) in [4.78, 5) is 22.3. The second-order valence-corrected chi connectivity index (χ2v) is 4.97. The van der Waals surface area contributed by atoms with Gasteiger partial charge in [-0.2, -0.15) is 0 Å². The number of aryl methyl sites for hydroxylation is 1. The lowest BCUT2D eigenvalue weighted by Crippen LogP contribution is -2.30. The maximum atomic E-state index is 11.9. The highest BCUT2D eigenvalue weighted by Crippen LogP contribution is 2.20. The predicted octanol–water partition coefficient (Wildman–Crippen LogP) is 0.954. The minimum Gasteiger partial charge on any atom is -0.345 e. The summed E-state index contributed by atoms with van der Waals surface area (Å²) in [5, 5.41) is 3.35. The van der Waals surface area contributed by atoms with Crippen LogP contribution in [-0.2, 0) is 0 Å². The molecule has 1 unspecified atom stereocenters. The number of rotatable bonds is 2. The zero-order valence-electron chi connectivity index (χ0n) is 11.2. The molecular weight excluding hydrogens is 228 g/mol. The lowest BCUT2D eigenvalue weighted by atomic mass is 9.98. The Morgan fingerprint density at radius 1 is 1.50 bits per heavy atom. The lowest BCUT2D eigenvalue weighted by Gasteiger charge is -2.22. The fourth-order valence-corrected chi connectivity index (χ4v) is 2.20. The topological polar surface area (TPSA) is 58.1 Å². The Bertz CT molecular complexity index is 439. The second-order valence-electron chi connectivity index (χ2n) is 4.97. The lowest BCUT2D eigenvalue weighted by molar-refractivity contribution is 0.0826. The summed E-state index contributed by atoms with van der Waals surface area (Å²) in [6.45, 7) is 3.88. The highest BCUT2D eigenvalue weighted by Gasteiger charge is 2.20. The maximum absolute atomic E-state index is 11.9. The molecule has 0 saturated carbocycles. The van der Waals surface area contributed by atoms with E-state index in [0.29, 0.717) is 11.5 Å². The van der Waals surface area contributed by atoms with Crippen molar-refractivity contribution in [2.45, 2.75) is 25.7 Å². The van der Waals surface area contributed by atoms with E-state index in [2.05, 4.69) is 15.3 Å². The van der Waals surface area contributed by atoms with Crippen molar-refractivity contribution in [1.82, 2.24) is 20.2 Å². The number of carbonyl (C=O) groups is 1. The first-order chi connectivity index (χ1) is 8.59. The van der Waals surface area contributed by atoms with Crippen LogP contribution in [0.25, 0.3) is 0 Å². The molecule has 5 nitrogen and oxygen atoms in total. The van der Waals surface area contributed by atoms with Crippen molar-refractivity contribution >= 4 is 5.91 Å². The van der Waals surface area contributed by atoms with Crippen LogP contribution in [0.3, 0.4) is 0 Å². The Balaban J connectivity index is 2.21. The Morgan fingerprint density at radius 2 is 2.28 bits per heavy atom. The first-order valence-corrected chi connectivity index (χ1v) is 6.35. The minimum atomic E-state index is -0.0409. The Labute approximate surface area is 108 Å². The molecule has 5 heteroatoms. The molecule has 2 rings (SSSR count). The number of piperidine rings is 1. The van der Waals surface area contributed by atoms with Crippen molar-refractivity contribution in [3.8, 4) is 0 Å². The normalized spacial score (nSPS) is 19.6. The molecule has 1 aromatic heterocycles. The van der Waals surface area contributed by atoms with Crippen LogP contribution in [0.15, 0.2) is 6.20 Å². The number of aromatic nitrogens is 2. The maximum Gasteiger partial charge on any atom is 0.256 e. The minimum absolute atomic E-state index is 0.0409. The molecule has 0 aliphatic carbocycles. The molecule has 2 heterocycles. The van der Waals surface area contributed by atoms with E-state index in [1.807, 2.05) is 6.92 Å². The monoisotopic (exact) mass is 248 g/mol. The number of hydrogen-bond donors (Lipinski definition) is 1. The number of nitrogens with zero attached hydrogens (tertiary/aromatic N) is 3. The van der Waals surface area contributed by atoms with Crippen molar-refractivity contribution in [2.75, 3.05) is 27.2 Å². The fraction of sp³-hybridized carbons (Fsp3) is 0.615. The third kappa shape index (κ3) is 2.67. The van der Waals surface area contributed by atoms with E-state index >= 15 is 0 Å². The Morgan fingerprint density at radius 3 is 2.83 bits per heavy atom. The van der Waals surface area contributed by atoms with Crippen LogP contribution in [-0.4, -0.2) is 48.0 Å². The van der Waals surface area contributed by atoms with Crippen molar-refractivity contribution in [3.05, 3.63) is 23.3 Å². The van der Waals surface area contributed by atoms with Crippen LogP contribution in [0.5, 0.6) is 0 Å². The second kappa shape index (κ2) is 5.44. The third-order valence-electron chi connectivity index (χ3n) is 3.30.